The first kappa shape index (κ1) is 234. The van der Waals surface area contributed by atoms with Crippen molar-refractivity contribution in [1.82, 2.24) is 0 Å². The van der Waals surface area contributed by atoms with Crippen molar-refractivity contribution in [1.29, 1.82) is 0 Å². The van der Waals surface area contributed by atoms with Gasteiger partial charge in [-0.1, -0.05) is 0 Å². The summed E-state index contributed by atoms with van der Waals surface area (Å²) in [4.78, 5) is 148. The molecule has 456 valence electrons. The molecule has 0 N–H and O–H groups in total. The molecule has 0 saturated heterocycles. The summed E-state index contributed by atoms with van der Waals surface area (Å²) in [5.74, 6) is 0. The second-order valence-corrected chi connectivity index (χ2v) is 4.02. The van der Waals surface area contributed by atoms with E-state index in [1.165, 1.54) is 0 Å². The molecule has 0 rings (SSSR count). The van der Waals surface area contributed by atoms with E-state index in [2.05, 4.69) is 0 Å². The second kappa shape index (κ2) is 224. The Hall–Kier alpha value is -12.5. The normalized spacial score (nSPS) is 4.97. The van der Waals surface area contributed by atoms with Crippen LogP contribution < -0.4 is 0 Å². The van der Waals surface area contributed by atoms with Crippen LogP contribution in [0.3, 0.4) is 0 Å². The van der Waals surface area contributed by atoms with Gasteiger partial charge in [-0.2, -0.15) is 0 Å². The van der Waals surface area contributed by atoms with Crippen molar-refractivity contribution in [2.75, 3.05) is 0 Å². The van der Waals surface area contributed by atoms with Gasteiger partial charge in [0.1, 0.15) is 0 Å². The molecule has 0 atom stereocenters. The van der Waals surface area contributed by atoms with Gasteiger partial charge in [-0.15, -0.1) is 0 Å². The summed E-state index contributed by atoms with van der Waals surface area (Å²) < 4.78 is 0. The molecule has 0 aromatic rings. The second-order valence-electron chi connectivity index (χ2n) is 4.02. The van der Waals surface area contributed by atoms with E-state index in [4.69, 9.17) is 276 Å². The van der Waals surface area contributed by atoms with Crippen molar-refractivity contribution in [3.05, 3.63) is 276 Å². The number of hydrogen-bond acceptors (Lipinski definition) is 54. The zero-order valence-electron chi connectivity index (χ0n) is 39.8. The molecule has 87 heavy (non-hydrogen) atoms. The van der Waals surface area contributed by atoms with Crippen LogP contribution >= 0.6 is 0 Å². The Kier molecular flexibility index (Phi) is 602. The summed E-state index contributed by atoms with van der Waals surface area (Å²) in [6.45, 7) is 0. The predicted molar refractivity (Wildman–Crippen MR) is 258 cm³/mol. The Balaban J connectivity index is -0.0000000113. The van der Waals surface area contributed by atoms with Gasteiger partial charge in [0.25, 0.3) is 0 Å². The van der Waals surface area contributed by atoms with Gasteiger partial charge in [0.15, 0.2) is 0 Å². The Morgan fingerprint density at radius 3 is 0.0920 bits per heavy atom. The zero-order chi connectivity index (χ0) is 64.4. The summed E-state index contributed by atoms with van der Waals surface area (Å²) >= 11 is 0. The van der Waals surface area contributed by atoms with Gasteiger partial charge in [-0.25, -0.2) is 0 Å². The molecule has 0 radical (unpaired) electrons. The maximum absolute atomic E-state index is 8.25. The Bertz CT molecular complexity index is 975. The van der Waals surface area contributed by atoms with Crippen molar-refractivity contribution in [2.24, 2.45) is 0 Å². The molecule has 0 aliphatic heterocycles. The smallest absolute Gasteiger partial charge is 2.00 e. The topological polar surface area (TPSA) is 1280 Å². The first-order valence-corrected chi connectivity index (χ1v) is 9.86. The first-order chi connectivity index (χ1) is 31.2. The van der Waals surface area contributed by atoms with Gasteiger partial charge in [-0.05, 0) is 0 Å². The SMILES string of the molecule is O=[N+]([O-])[O-].O=[N+]([O-])[O-].O=[N+]([O-])[O-].O=[N+]([O-])[O-].O=[N+]([O-])[O-].O=[N+]([O-])[O-].O=[N+]([O-])[O-].O=[N+]([O-])[O-].O=[N+]([O-])[O-].O=[N+]([O-])[O-].O=[N+]([O-])[O-].O=[N+]([O-])[O-].O=[N+]([O-])[O-].O=[N+]([O-])[O-].O=[N+]([O-])[O-].O=[N+]([O-])[O-].O=[N+]([O-])[O-].O=[N+]([O-])[O-].[Be+2].[Be+2].[Be+2].[Be+2].[Be+2].[Be+2].[Be+2].[Be+2].[Be+2].[Be+2].[Be+2].[Be+2].[O-2].[O-2].[O-2]. The molecule has 0 aromatic carbocycles. The minimum Gasteiger partial charge on any atom is -2.00 e. The standard InChI is InChI=1S/12Be.18NO3.3O/c;;;;;;;;;;;;18*2-1(3)4;;;/q12*+2;18*-1;3*-2. The van der Waals surface area contributed by atoms with Gasteiger partial charge < -0.3 is 292 Å². The number of nitrogens with zero attached hydrogens (tertiary/aromatic N) is 18. The summed E-state index contributed by atoms with van der Waals surface area (Å²) in [6.07, 6.45) is 0. The van der Waals surface area contributed by atoms with E-state index in [9.17, 15) is 0 Å². The van der Waals surface area contributed by atoms with E-state index < -0.39 is 91.6 Å². The molecule has 0 saturated carbocycles. The number of hydrogen-bond donors (Lipinski definition) is 0. The minimum absolute atomic E-state index is 0. The van der Waals surface area contributed by atoms with Crippen molar-refractivity contribution in [3.8, 4) is 0 Å². The molecule has 0 bridgehead atoms. The van der Waals surface area contributed by atoms with Crippen LogP contribution in [0.25, 0.3) is 0 Å². The molecule has 0 aromatic heterocycles. The van der Waals surface area contributed by atoms with Crippen LogP contribution in [-0.4, -0.2) is 213 Å². The van der Waals surface area contributed by atoms with Crippen LogP contribution in [0.4, 0.5) is 0 Å². The van der Waals surface area contributed by atoms with Crippen molar-refractivity contribution < 1.29 is 108 Å². The summed E-state index contributed by atoms with van der Waals surface area (Å²) in [5.41, 5.74) is 0. The van der Waals surface area contributed by atoms with Gasteiger partial charge >= 0.3 is 121 Å². The zero-order valence-corrected chi connectivity index (χ0v) is 39.8. The van der Waals surface area contributed by atoms with Crippen LogP contribution in [0.5, 0.6) is 0 Å². The van der Waals surface area contributed by atoms with E-state index in [-0.39, 0.29) is 138 Å². The van der Waals surface area contributed by atoms with Crippen molar-refractivity contribution in [2.45, 2.75) is 0 Å². The maximum atomic E-state index is 8.25. The predicted octanol–water partition coefficient (Wildman–Crippen LogP) is -9.23. The minimum atomic E-state index is -1.75. The number of rotatable bonds is 0. The average molecular weight is 1270 g/mol. The van der Waals surface area contributed by atoms with Crippen LogP contribution in [0.1, 0.15) is 0 Å². The van der Waals surface area contributed by atoms with E-state index >= 15 is 0 Å². The average Bonchev–Trinajstić information content (AvgIpc) is 2.91. The fourth-order valence-corrected chi connectivity index (χ4v) is 0. The molecule has 0 aliphatic carbocycles. The molecule has 75 nitrogen and oxygen atoms in total. The van der Waals surface area contributed by atoms with Gasteiger partial charge in [0, 0.05) is 0 Å². The van der Waals surface area contributed by atoms with E-state index in [1.807, 2.05) is 0 Å². The van der Waals surface area contributed by atoms with Crippen molar-refractivity contribution >= 4 is 121 Å². The quantitative estimate of drug-likeness (QED) is 0.123. The Morgan fingerprint density at radius 2 is 0.0920 bits per heavy atom. The molecule has 0 heterocycles. The van der Waals surface area contributed by atoms with Crippen LogP contribution in [-0.2, 0) is 16.4 Å². The maximum Gasteiger partial charge on any atom is 2.00 e. The van der Waals surface area contributed by atoms with Crippen LogP contribution in [0, 0.1) is 276 Å². The Morgan fingerprint density at radius 1 is 0.0920 bits per heavy atom. The molecule has 0 spiro atoms. The van der Waals surface area contributed by atoms with Crippen molar-refractivity contribution in [3.63, 3.8) is 0 Å². The molecular formula is Be12N18O57. The van der Waals surface area contributed by atoms with E-state index in [0.29, 0.717) is 0 Å². The van der Waals surface area contributed by atoms with E-state index in [1.54, 1.807) is 0 Å². The first-order valence-electron chi connectivity index (χ1n) is 9.86. The third kappa shape index (κ3) is 2410. The van der Waals surface area contributed by atoms with Crippen LogP contribution in [0.15, 0.2) is 0 Å². The molecule has 0 aliphatic rings. The Labute approximate surface area is 505 Å². The monoisotopic (exact) mass is 1270 g/mol. The summed E-state index contributed by atoms with van der Waals surface area (Å²) in [6, 6.07) is 0. The fraction of sp³-hybridized carbons (Fsp3) is 0. The van der Waals surface area contributed by atoms with Gasteiger partial charge in [0.05, 0.1) is 91.6 Å². The molecule has 0 fully saturated rings. The molecule has 0 unspecified atom stereocenters. The summed E-state index contributed by atoms with van der Waals surface area (Å²) in [7, 11) is 0. The van der Waals surface area contributed by atoms with E-state index in [0.717, 1.165) is 0 Å². The van der Waals surface area contributed by atoms with Gasteiger partial charge in [0.2, 0.25) is 0 Å². The molecule has 0 amide bonds. The molecular weight excluding hydrogens is 1270 g/mol. The molecule has 87 heteroatoms. The third-order valence-corrected chi connectivity index (χ3v) is 0. The third-order valence-electron chi connectivity index (χ3n) is 0. The van der Waals surface area contributed by atoms with Gasteiger partial charge in [-0.3, -0.25) is 0 Å². The summed E-state index contributed by atoms with van der Waals surface area (Å²) in [5, 5.41) is 266. The largest absolute Gasteiger partial charge is 2.00 e. The fourth-order valence-electron chi connectivity index (χ4n) is 0. The van der Waals surface area contributed by atoms with Crippen LogP contribution in [0.2, 0.25) is 0 Å².